The minimum Gasteiger partial charge on any atom is -0.482 e. The van der Waals surface area contributed by atoms with Crippen LogP contribution in [0.4, 0.5) is 5.00 Å². The van der Waals surface area contributed by atoms with Crippen LogP contribution in [0.1, 0.15) is 36.0 Å². The molecule has 21 heavy (non-hydrogen) atoms. The van der Waals surface area contributed by atoms with Gasteiger partial charge in [-0.1, -0.05) is 18.2 Å². The highest BCUT2D eigenvalue weighted by Gasteiger charge is 2.39. The van der Waals surface area contributed by atoms with Crippen LogP contribution in [-0.4, -0.2) is 12.6 Å². The molecule has 5 heteroatoms. The first-order valence-corrected chi connectivity index (χ1v) is 7.65. The van der Waals surface area contributed by atoms with E-state index >= 15 is 0 Å². The maximum atomic E-state index is 12.3. The van der Waals surface area contributed by atoms with E-state index in [2.05, 4.69) is 0 Å². The van der Waals surface area contributed by atoms with Crippen molar-refractivity contribution in [2.24, 2.45) is 0 Å². The first kappa shape index (κ1) is 13.9. The molecule has 0 saturated heterocycles. The van der Waals surface area contributed by atoms with Crippen molar-refractivity contribution in [3.63, 3.8) is 0 Å². The van der Waals surface area contributed by atoms with Crippen molar-refractivity contribution >= 4 is 22.3 Å². The molecule has 0 aliphatic carbocycles. The van der Waals surface area contributed by atoms with Crippen LogP contribution in [0.15, 0.2) is 24.3 Å². The summed E-state index contributed by atoms with van der Waals surface area (Å²) in [5, 5.41) is 0.479. The summed E-state index contributed by atoms with van der Waals surface area (Å²) in [5.41, 5.74) is 7.77. The number of para-hydroxylation sites is 1. The molecule has 110 valence electrons. The third kappa shape index (κ3) is 2.08. The van der Waals surface area contributed by atoms with E-state index < -0.39 is 5.60 Å². The van der Waals surface area contributed by atoms with E-state index in [-0.39, 0.29) is 5.97 Å². The van der Waals surface area contributed by atoms with Crippen LogP contribution in [0.25, 0.3) is 11.1 Å². The molecule has 0 atom stereocenters. The minimum absolute atomic E-state index is 0.324. The fourth-order valence-corrected chi connectivity index (χ4v) is 3.73. The topological polar surface area (TPSA) is 61.5 Å². The average Bonchev–Trinajstić information content (AvgIpc) is 2.77. The normalized spacial score (nSPS) is 14.8. The van der Waals surface area contributed by atoms with E-state index in [1.807, 2.05) is 38.1 Å². The summed E-state index contributed by atoms with van der Waals surface area (Å²) < 4.78 is 11.2. The summed E-state index contributed by atoms with van der Waals surface area (Å²) in [6, 6.07) is 7.69. The largest absolute Gasteiger partial charge is 0.482 e. The molecule has 4 nitrogen and oxygen atoms in total. The second kappa shape index (κ2) is 4.77. The van der Waals surface area contributed by atoms with Gasteiger partial charge in [-0.3, -0.25) is 0 Å². The fraction of sp³-hybridized carbons (Fsp3) is 0.312. The minimum atomic E-state index is -0.521. The Kier molecular flexibility index (Phi) is 3.17. The second-order valence-corrected chi connectivity index (χ2v) is 6.43. The standard InChI is InChI=1S/C16H17NO3S/c1-4-19-15(18)12-11-9-7-5-6-8-10(9)20-16(2,3)13(11)21-14(12)17/h5-8H,4,17H2,1-3H3. The van der Waals surface area contributed by atoms with Crippen molar-refractivity contribution in [1.29, 1.82) is 0 Å². The lowest BCUT2D eigenvalue weighted by atomic mass is 9.91. The molecule has 3 rings (SSSR count). The molecular weight excluding hydrogens is 286 g/mol. The third-order valence-corrected chi connectivity index (χ3v) is 4.81. The number of anilines is 1. The Bertz CT molecular complexity index is 718. The number of hydrogen-bond acceptors (Lipinski definition) is 5. The van der Waals surface area contributed by atoms with Crippen LogP contribution in [0, 0.1) is 0 Å². The average molecular weight is 303 g/mol. The van der Waals surface area contributed by atoms with E-state index in [0.29, 0.717) is 17.2 Å². The lowest BCUT2D eigenvalue weighted by molar-refractivity contribution is 0.0528. The van der Waals surface area contributed by atoms with E-state index in [0.717, 1.165) is 21.8 Å². The van der Waals surface area contributed by atoms with Gasteiger partial charge in [-0.25, -0.2) is 4.79 Å². The lowest BCUT2D eigenvalue weighted by Gasteiger charge is -2.32. The zero-order chi connectivity index (χ0) is 15.2. The summed E-state index contributed by atoms with van der Waals surface area (Å²) in [7, 11) is 0. The summed E-state index contributed by atoms with van der Waals surface area (Å²) in [6.45, 7) is 6.07. The SMILES string of the molecule is CCOC(=O)c1c(N)sc2c1-c1ccccc1OC2(C)C. The Labute approximate surface area is 127 Å². The summed E-state index contributed by atoms with van der Waals surface area (Å²) in [6.07, 6.45) is 0. The number of nitrogen functional groups attached to an aromatic ring is 1. The highest BCUT2D eigenvalue weighted by Crippen LogP contribution is 2.52. The highest BCUT2D eigenvalue weighted by molar-refractivity contribution is 7.17. The Balaban J connectivity index is 2.29. The molecule has 1 aromatic heterocycles. The molecule has 1 aromatic carbocycles. The maximum absolute atomic E-state index is 12.3. The Morgan fingerprint density at radius 1 is 1.38 bits per heavy atom. The molecule has 1 aliphatic heterocycles. The van der Waals surface area contributed by atoms with Crippen molar-refractivity contribution in [1.82, 2.24) is 0 Å². The van der Waals surface area contributed by atoms with Gasteiger partial charge in [-0.15, -0.1) is 11.3 Å². The van der Waals surface area contributed by atoms with Gasteiger partial charge >= 0.3 is 5.97 Å². The number of fused-ring (bicyclic) bond motifs is 3. The zero-order valence-electron chi connectivity index (χ0n) is 12.2. The van der Waals surface area contributed by atoms with Crippen molar-refractivity contribution in [3.8, 4) is 16.9 Å². The van der Waals surface area contributed by atoms with Gasteiger partial charge in [0.1, 0.15) is 21.9 Å². The summed E-state index contributed by atoms with van der Waals surface area (Å²) >= 11 is 1.39. The molecule has 2 heterocycles. The molecule has 0 unspecified atom stereocenters. The number of hydrogen-bond donors (Lipinski definition) is 1. The van der Waals surface area contributed by atoms with Gasteiger partial charge in [0.2, 0.25) is 0 Å². The van der Waals surface area contributed by atoms with Gasteiger partial charge in [0.05, 0.1) is 11.5 Å². The Morgan fingerprint density at radius 3 is 2.81 bits per heavy atom. The number of thiophene rings is 1. The number of carbonyl (C=O) groups excluding carboxylic acids is 1. The van der Waals surface area contributed by atoms with Crippen LogP contribution < -0.4 is 10.5 Å². The molecule has 0 saturated carbocycles. The molecule has 0 spiro atoms. The van der Waals surface area contributed by atoms with E-state index in [4.69, 9.17) is 15.2 Å². The van der Waals surface area contributed by atoms with E-state index in [9.17, 15) is 4.79 Å². The maximum Gasteiger partial charge on any atom is 0.341 e. The second-order valence-electron chi connectivity index (χ2n) is 5.37. The smallest absolute Gasteiger partial charge is 0.341 e. The molecule has 0 fully saturated rings. The molecule has 2 N–H and O–H groups in total. The summed E-state index contributed by atoms with van der Waals surface area (Å²) in [4.78, 5) is 13.2. The monoisotopic (exact) mass is 303 g/mol. The Morgan fingerprint density at radius 2 is 2.10 bits per heavy atom. The number of nitrogens with two attached hydrogens (primary N) is 1. The lowest BCUT2D eigenvalue weighted by Crippen LogP contribution is -2.28. The molecule has 0 radical (unpaired) electrons. The van der Waals surface area contributed by atoms with Crippen LogP contribution in [0.3, 0.4) is 0 Å². The molecular formula is C16H17NO3S. The van der Waals surface area contributed by atoms with Gasteiger partial charge in [0, 0.05) is 11.1 Å². The number of ether oxygens (including phenoxy) is 2. The molecule has 0 bridgehead atoms. The summed E-state index contributed by atoms with van der Waals surface area (Å²) in [5.74, 6) is 0.387. The Hall–Kier alpha value is -2.01. The van der Waals surface area contributed by atoms with E-state index in [1.165, 1.54) is 11.3 Å². The number of carbonyl (C=O) groups is 1. The number of esters is 1. The predicted molar refractivity (Wildman–Crippen MR) is 83.8 cm³/mol. The first-order valence-electron chi connectivity index (χ1n) is 6.84. The number of rotatable bonds is 2. The number of benzene rings is 1. The van der Waals surface area contributed by atoms with Gasteiger partial charge < -0.3 is 15.2 Å². The van der Waals surface area contributed by atoms with Crippen LogP contribution in [0.2, 0.25) is 0 Å². The zero-order valence-corrected chi connectivity index (χ0v) is 13.0. The molecule has 2 aromatic rings. The highest BCUT2D eigenvalue weighted by atomic mass is 32.1. The van der Waals surface area contributed by atoms with Crippen molar-refractivity contribution < 1.29 is 14.3 Å². The third-order valence-electron chi connectivity index (χ3n) is 3.48. The fourth-order valence-electron chi connectivity index (χ4n) is 2.62. The van der Waals surface area contributed by atoms with Crippen LogP contribution in [0.5, 0.6) is 5.75 Å². The van der Waals surface area contributed by atoms with Gasteiger partial charge in [0.15, 0.2) is 0 Å². The predicted octanol–water partition coefficient (Wildman–Crippen LogP) is 3.80. The van der Waals surface area contributed by atoms with Gasteiger partial charge in [-0.2, -0.15) is 0 Å². The van der Waals surface area contributed by atoms with Gasteiger partial charge in [0.25, 0.3) is 0 Å². The van der Waals surface area contributed by atoms with Crippen LogP contribution in [-0.2, 0) is 10.3 Å². The first-order chi connectivity index (χ1) is 9.95. The van der Waals surface area contributed by atoms with Crippen molar-refractivity contribution in [2.45, 2.75) is 26.4 Å². The molecule has 1 aliphatic rings. The van der Waals surface area contributed by atoms with E-state index in [1.54, 1.807) is 6.92 Å². The molecule has 0 amide bonds. The van der Waals surface area contributed by atoms with Gasteiger partial charge in [-0.05, 0) is 26.8 Å². The van der Waals surface area contributed by atoms with Crippen molar-refractivity contribution in [2.75, 3.05) is 12.3 Å². The quantitative estimate of drug-likeness (QED) is 0.857. The van der Waals surface area contributed by atoms with Crippen molar-refractivity contribution in [3.05, 3.63) is 34.7 Å². The van der Waals surface area contributed by atoms with Crippen LogP contribution >= 0.6 is 11.3 Å².